The van der Waals surface area contributed by atoms with Gasteiger partial charge in [-0.2, -0.15) is 0 Å². The Morgan fingerprint density at radius 1 is 1.26 bits per heavy atom. The number of benzene rings is 1. The Balaban J connectivity index is 2.31. The van der Waals surface area contributed by atoms with Crippen molar-refractivity contribution < 1.29 is 9.47 Å². The topological polar surface area (TPSA) is 33.7 Å². The third-order valence-electron chi connectivity index (χ3n) is 2.91. The van der Waals surface area contributed by atoms with Crippen molar-refractivity contribution in [2.24, 2.45) is 0 Å². The van der Waals surface area contributed by atoms with Crippen molar-refractivity contribution in [1.29, 1.82) is 0 Å². The van der Waals surface area contributed by atoms with Gasteiger partial charge in [-0.1, -0.05) is 15.9 Å². The van der Waals surface area contributed by atoms with Crippen molar-refractivity contribution in [1.82, 2.24) is 10.2 Å². The van der Waals surface area contributed by atoms with Gasteiger partial charge >= 0.3 is 0 Å². The van der Waals surface area contributed by atoms with Crippen molar-refractivity contribution in [2.75, 3.05) is 47.5 Å². The molecule has 0 atom stereocenters. The van der Waals surface area contributed by atoms with E-state index in [4.69, 9.17) is 9.47 Å². The maximum absolute atomic E-state index is 5.34. The summed E-state index contributed by atoms with van der Waals surface area (Å²) < 4.78 is 11.5. The van der Waals surface area contributed by atoms with Crippen LogP contribution in [0.4, 0.5) is 0 Å². The molecule has 0 radical (unpaired) electrons. The van der Waals surface area contributed by atoms with Crippen LogP contribution in [0.5, 0.6) is 5.75 Å². The molecule has 0 aliphatic rings. The number of nitrogens with zero attached hydrogens (tertiary/aromatic N) is 1. The fourth-order valence-corrected chi connectivity index (χ4v) is 2.15. The lowest BCUT2D eigenvalue weighted by Crippen LogP contribution is -2.31. The Labute approximate surface area is 124 Å². The van der Waals surface area contributed by atoms with Gasteiger partial charge in [-0.3, -0.25) is 0 Å². The summed E-state index contributed by atoms with van der Waals surface area (Å²) in [6.45, 7) is 4.48. The van der Waals surface area contributed by atoms with Gasteiger partial charge in [-0.25, -0.2) is 0 Å². The molecule has 19 heavy (non-hydrogen) atoms. The van der Waals surface area contributed by atoms with Crippen LogP contribution >= 0.6 is 15.9 Å². The molecule has 0 amide bonds. The lowest BCUT2D eigenvalue weighted by Gasteiger charge is -2.16. The van der Waals surface area contributed by atoms with E-state index in [2.05, 4.69) is 39.3 Å². The minimum absolute atomic E-state index is 0.774. The van der Waals surface area contributed by atoms with E-state index >= 15 is 0 Å². The molecule has 0 aliphatic carbocycles. The van der Waals surface area contributed by atoms with E-state index in [0.29, 0.717) is 0 Å². The van der Waals surface area contributed by atoms with Gasteiger partial charge in [-0.15, -0.1) is 0 Å². The minimum Gasteiger partial charge on any atom is -0.496 e. The summed E-state index contributed by atoms with van der Waals surface area (Å²) in [6.07, 6.45) is 0. The quantitative estimate of drug-likeness (QED) is 0.703. The molecule has 1 aromatic carbocycles. The molecule has 1 aromatic rings. The van der Waals surface area contributed by atoms with Crippen molar-refractivity contribution in [2.45, 2.75) is 6.54 Å². The van der Waals surface area contributed by atoms with Gasteiger partial charge < -0.3 is 19.7 Å². The Bertz CT molecular complexity index is 374. The third-order valence-corrected chi connectivity index (χ3v) is 3.40. The van der Waals surface area contributed by atoms with Crippen LogP contribution in [0, 0.1) is 0 Å². The van der Waals surface area contributed by atoms with Crippen molar-refractivity contribution in [3.05, 3.63) is 28.2 Å². The Morgan fingerprint density at radius 2 is 2.05 bits per heavy atom. The second-order valence-corrected chi connectivity index (χ2v) is 5.34. The highest BCUT2D eigenvalue weighted by Gasteiger charge is 2.03. The zero-order chi connectivity index (χ0) is 14.1. The number of nitrogens with one attached hydrogen (secondary N) is 1. The second kappa shape index (κ2) is 9.31. The molecule has 108 valence electrons. The van der Waals surface area contributed by atoms with Crippen LogP contribution in [0.1, 0.15) is 5.56 Å². The predicted octanol–water partition coefficient (Wildman–Crippen LogP) is 2.13. The Hall–Kier alpha value is -0.620. The smallest absolute Gasteiger partial charge is 0.123 e. The van der Waals surface area contributed by atoms with E-state index in [1.807, 2.05) is 12.1 Å². The molecular formula is C14H23BrN2O2. The molecule has 0 aromatic heterocycles. The molecule has 0 bridgehead atoms. The Morgan fingerprint density at radius 3 is 2.74 bits per heavy atom. The first kappa shape index (κ1) is 16.4. The van der Waals surface area contributed by atoms with Crippen LogP contribution in [0.3, 0.4) is 0 Å². The van der Waals surface area contributed by atoms with E-state index in [9.17, 15) is 0 Å². The monoisotopic (exact) mass is 330 g/mol. The summed E-state index contributed by atoms with van der Waals surface area (Å²) >= 11 is 3.48. The molecule has 1 rings (SSSR count). The SMILES string of the molecule is COCCN(C)CCNCc1cc(Br)ccc1OC. The summed E-state index contributed by atoms with van der Waals surface area (Å²) in [4.78, 5) is 2.24. The molecule has 5 heteroatoms. The normalized spacial score (nSPS) is 11.0. The number of likely N-dealkylation sites (N-methyl/N-ethyl adjacent to an activating group) is 1. The van der Waals surface area contributed by atoms with Crippen LogP contribution in [-0.4, -0.2) is 52.4 Å². The standard InChI is InChI=1S/C14H23BrN2O2/c1-17(8-9-18-2)7-6-16-11-12-10-13(15)4-5-14(12)19-3/h4-5,10,16H,6-9,11H2,1-3H3. The minimum atomic E-state index is 0.774. The highest BCUT2D eigenvalue weighted by molar-refractivity contribution is 9.10. The predicted molar refractivity (Wildman–Crippen MR) is 81.8 cm³/mol. The maximum atomic E-state index is 5.34. The van der Waals surface area contributed by atoms with E-state index in [0.717, 1.165) is 48.6 Å². The van der Waals surface area contributed by atoms with Gasteiger partial charge in [0.05, 0.1) is 13.7 Å². The summed E-state index contributed by atoms with van der Waals surface area (Å²) in [6, 6.07) is 6.05. The molecule has 0 aliphatic heterocycles. The number of methoxy groups -OCH3 is 2. The maximum Gasteiger partial charge on any atom is 0.123 e. The van der Waals surface area contributed by atoms with E-state index in [-0.39, 0.29) is 0 Å². The van der Waals surface area contributed by atoms with Gasteiger partial charge in [0, 0.05) is 43.3 Å². The van der Waals surface area contributed by atoms with Crippen LogP contribution in [0.15, 0.2) is 22.7 Å². The lowest BCUT2D eigenvalue weighted by atomic mass is 10.2. The summed E-state index contributed by atoms with van der Waals surface area (Å²) in [5, 5.41) is 3.43. The van der Waals surface area contributed by atoms with Gasteiger partial charge in [0.2, 0.25) is 0 Å². The van der Waals surface area contributed by atoms with Gasteiger partial charge in [0.25, 0.3) is 0 Å². The van der Waals surface area contributed by atoms with Crippen LogP contribution < -0.4 is 10.1 Å². The number of hydrogen-bond donors (Lipinski definition) is 1. The van der Waals surface area contributed by atoms with Crippen LogP contribution in [-0.2, 0) is 11.3 Å². The second-order valence-electron chi connectivity index (χ2n) is 4.43. The number of halogens is 1. The zero-order valence-electron chi connectivity index (χ0n) is 11.9. The molecular weight excluding hydrogens is 308 g/mol. The summed E-state index contributed by atoms with van der Waals surface area (Å²) in [5.41, 5.74) is 1.16. The molecule has 0 saturated carbocycles. The Kier molecular flexibility index (Phi) is 8.05. The van der Waals surface area contributed by atoms with E-state index < -0.39 is 0 Å². The molecule has 4 nitrogen and oxygen atoms in total. The fourth-order valence-electron chi connectivity index (χ4n) is 1.74. The average Bonchev–Trinajstić information content (AvgIpc) is 2.41. The van der Waals surface area contributed by atoms with Crippen molar-refractivity contribution >= 4 is 15.9 Å². The molecule has 0 spiro atoms. The highest BCUT2D eigenvalue weighted by Crippen LogP contribution is 2.22. The number of hydrogen-bond acceptors (Lipinski definition) is 4. The van der Waals surface area contributed by atoms with Crippen LogP contribution in [0.2, 0.25) is 0 Å². The van der Waals surface area contributed by atoms with Crippen LogP contribution in [0.25, 0.3) is 0 Å². The van der Waals surface area contributed by atoms with Crippen molar-refractivity contribution in [3.63, 3.8) is 0 Å². The van der Waals surface area contributed by atoms with E-state index in [1.54, 1.807) is 14.2 Å². The summed E-state index contributed by atoms with van der Waals surface area (Å²) in [7, 11) is 5.53. The molecule has 0 unspecified atom stereocenters. The fraction of sp³-hybridized carbons (Fsp3) is 0.571. The highest BCUT2D eigenvalue weighted by atomic mass is 79.9. The first-order valence-electron chi connectivity index (χ1n) is 6.38. The molecule has 0 saturated heterocycles. The van der Waals surface area contributed by atoms with Gasteiger partial charge in [0.15, 0.2) is 0 Å². The lowest BCUT2D eigenvalue weighted by molar-refractivity contribution is 0.161. The molecule has 0 heterocycles. The first-order valence-corrected chi connectivity index (χ1v) is 7.17. The average molecular weight is 331 g/mol. The van der Waals surface area contributed by atoms with Gasteiger partial charge in [0.1, 0.15) is 5.75 Å². The summed E-state index contributed by atoms with van der Waals surface area (Å²) in [5.74, 6) is 0.920. The number of rotatable bonds is 9. The molecule has 1 N–H and O–H groups in total. The zero-order valence-corrected chi connectivity index (χ0v) is 13.5. The largest absolute Gasteiger partial charge is 0.496 e. The first-order chi connectivity index (χ1) is 9.17. The van der Waals surface area contributed by atoms with Gasteiger partial charge in [-0.05, 0) is 25.2 Å². The number of ether oxygens (including phenoxy) is 2. The van der Waals surface area contributed by atoms with E-state index in [1.165, 1.54) is 0 Å². The molecule has 0 fully saturated rings. The third kappa shape index (κ3) is 6.38. The van der Waals surface area contributed by atoms with Crippen molar-refractivity contribution in [3.8, 4) is 5.75 Å².